The predicted molar refractivity (Wildman–Crippen MR) is 200 cm³/mol. The van der Waals surface area contributed by atoms with Crippen LogP contribution in [0, 0.1) is 5.41 Å². The molecule has 3 unspecified atom stereocenters. The van der Waals surface area contributed by atoms with Crippen molar-refractivity contribution in [1.82, 2.24) is 15.3 Å². The fourth-order valence-corrected chi connectivity index (χ4v) is 10.8. The molecular weight excluding hydrogens is 765 g/mol. The number of esters is 1. The van der Waals surface area contributed by atoms with Crippen molar-refractivity contribution in [3.05, 3.63) is 82.1 Å². The van der Waals surface area contributed by atoms with Gasteiger partial charge in [-0.05, 0) is 62.1 Å². The van der Waals surface area contributed by atoms with Gasteiger partial charge in [0.1, 0.15) is 30.1 Å². The summed E-state index contributed by atoms with van der Waals surface area (Å²) in [6.07, 6.45) is 5.92. The Balaban J connectivity index is 1.40. The minimum absolute atomic E-state index is 0.0527. The monoisotopic (exact) mass is 808 g/mol. The molecule has 0 aliphatic carbocycles. The highest BCUT2D eigenvalue weighted by Crippen LogP contribution is 2.43. The SMILES string of the molecule is CCOC(=O)C(Cc1ccc(NC(=O)c2c(Cl)cncc2Cl)cc1)NC(=O)C1CCCN1[N+]1(S(=O)(=O)c2cccc(S(C)(=O)=O)c2)CCCC(C)(C)C1. The molecule has 0 bridgehead atoms. The zero-order chi connectivity index (χ0) is 38.8. The highest BCUT2D eigenvalue weighted by molar-refractivity contribution is 7.90. The summed E-state index contributed by atoms with van der Waals surface area (Å²) >= 11 is 12.2. The first kappa shape index (κ1) is 40.6. The number of amides is 2. The number of rotatable bonds is 12. The van der Waals surface area contributed by atoms with E-state index < -0.39 is 59.1 Å². The minimum atomic E-state index is -4.29. The van der Waals surface area contributed by atoms with E-state index in [2.05, 4.69) is 15.6 Å². The van der Waals surface area contributed by atoms with Crippen LogP contribution >= 0.6 is 23.2 Å². The summed E-state index contributed by atoms with van der Waals surface area (Å²) in [6.45, 7) is 6.38. The molecule has 0 radical (unpaired) electrons. The smallest absolute Gasteiger partial charge is 0.345 e. The van der Waals surface area contributed by atoms with Crippen molar-refractivity contribution in [2.24, 2.45) is 5.41 Å². The van der Waals surface area contributed by atoms with Gasteiger partial charge in [-0.25, -0.2) is 13.2 Å². The third-order valence-corrected chi connectivity index (χ3v) is 13.6. The fraction of sp³-hybridized carbons (Fsp3) is 0.444. The van der Waals surface area contributed by atoms with Crippen molar-refractivity contribution in [3.63, 3.8) is 0 Å². The Morgan fingerprint density at radius 2 is 1.68 bits per heavy atom. The number of carbonyl (C=O) groups is 3. The number of quaternary nitrogens is 1. The maximum absolute atomic E-state index is 14.8. The number of pyridine rings is 1. The number of halogens is 2. The molecule has 2 aliphatic heterocycles. The number of nitrogens with one attached hydrogen (secondary N) is 2. The summed E-state index contributed by atoms with van der Waals surface area (Å²) < 4.78 is 59.2. The van der Waals surface area contributed by atoms with Crippen molar-refractivity contribution >= 4 is 66.5 Å². The van der Waals surface area contributed by atoms with E-state index in [0.717, 1.165) is 12.7 Å². The molecule has 2 aliphatic rings. The summed E-state index contributed by atoms with van der Waals surface area (Å²) in [5.74, 6) is -1.70. The van der Waals surface area contributed by atoms with Crippen molar-refractivity contribution in [2.45, 2.75) is 74.7 Å². The molecule has 53 heavy (non-hydrogen) atoms. The molecule has 17 heteroatoms. The van der Waals surface area contributed by atoms with E-state index in [9.17, 15) is 31.2 Å². The molecule has 3 aromatic rings. The van der Waals surface area contributed by atoms with Crippen LogP contribution in [0.3, 0.4) is 0 Å². The van der Waals surface area contributed by atoms with Crippen LogP contribution in [-0.4, -0.2) is 93.2 Å². The van der Waals surface area contributed by atoms with E-state index in [0.29, 0.717) is 37.1 Å². The third-order valence-electron chi connectivity index (χ3n) is 9.63. The number of sulfonamides is 1. The molecule has 3 heterocycles. The highest BCUT2D eigenvalue weighted by atomic mass is 35.5. The summed E-state index contributed by atoms with van der Waals surface area (Å²) in [5.41, 5.74) is 0.743. The lowest BCUT2D eigenvalue weighted by atomic mass is 9.85. The van der Waals surface area contributed by atoms with Crippen LogP contribution in [-0.2, 0) is 40.6 Å². The first-order chi connectivity index (χ1) is 24.9. The number of hydrogen-bond acceptors (Lipinski definition) is 10. The van der Waals surface area contributed by atoms with Crippen molar-refractivity contribution in [2.75, 3.05) is 37.8 Å². The van der Waals surface area contributed by atoms with Crippen molar-refractivity contribution in [3.8, 4) is 0 Å². The third kappa shape index (κ3) is 8.87. The molecule has 0 spiro atoms. The quantitative estimate of drug-likeness (QED) is 0.187. The Kier molecular flexibility index (Phi) is 12.3. The lowest BCUT2D eigenvalue weighted by Gasteiger charge is -2.50. The van der Waals surface area contributed by atoms with E-state index in [1.54, 1.807) is 36.2 Å². The normalized spacial score (nSPS) is 21.1. The number of piperidine rings is 1. The molecular formula is C36H44Cl2N5O8S2+. The van der Waals surface area contributed by atoms with Crippen LogP contribution in [0.2, 0.25) is 10.0 Å². The van der Waals surface area contributed by atoms with Gasteiger partial charge >= 0.3 is 16.0 Å². The Morgan fingerprint density at radius 3 is 2.30 bits per heavy atom. The minimum Gasteiger partial charge on any atom is -0.464 e. The summed E-state index contributed by atoms with van der Waals surface area (Å²) in [4.78, 5) is 43.9. The molecule has 2 saturated heterocycles. The molecule has 3 atom stereocenters. The average Bonchev–Trinajstić information content (AvgIpc) is 3.59. The number of ether oxygens (including phenoxy) is 1. The maximum atomic E-state index is 14.8. The van der Waals surface area contributed by atoms with Gasteiger partial charge in [0.05, 0.1) is 27.1 Å². The largest absolute Gasteiger partial charge is 0.464 e. The highest BCUT2D eigenvalue weighted by Gasteiger charge is 2.58. The summed E-state index contributed by atoms with van der Waals surface area (Å²) in [6, 6.07) is 10.0. The Hall–Kier alpha value is -3.60. The van der Waals surface area contributed by atoms with Gasteiger partial charge in [0, 0.05) is 49.1 Å². The molecule has 13 nitrogen and oxygen atoms in total. The zero-order valence-corrected chi connectivity index (χ0v) is 33.1. The number of sulfone groups is 1. The average molecular weight is 810 g/mol. The Labute approximate surface area is 320 Å². The Morgan fingerprint density at radius 1 is 1.02 bits per heavy atom. The maximum Gasteiger partial charge on any atom is 0.345 e. The molecule has 0 saturated carbocycles. The second-order valence-electron chi connectivity index (χ2n) is 14.2. The number of carbonyl (C=O) groups excluding carboxylic acids is 3. The number of hydrogen-bond donors (Lipinski definition) is 2. The topological polar surface area (TPSA) is 169 Å². The van der Waals surface area contributed by atoms with Gasteiger partial charge in [-0.3, -0.25) is 14.6 Å². The first-order valence-corrected chi connectivity index (χ1v) is 21.3. The molecule has 5 rings (SSSR count). The Bertz CT molecular complexity index is 2080. The van der Waals surface area contributed by atoms with Crippen molar-refractivity contribution < 1.29 is 40.0 Å². The second-order valence-corrected chi connectivity index (χ2v) is 19.1. The van der Waals surface area contributed by atoms with E-state index in [1.807, 2.05) is 13.8 Å². The van der Waals surface area contributed by atoms with Gasteiger partial charge in [-0.1, -0.05) is 55.2 Å². The van der Waals surface area contributed by atoms with Crippen LogP contribution in [0.25, 0.3) is 0 Å². The number of nitrogens with zero attached hydrogens (tertiary/aromatic N) is 3. The van der Waals surface area contributed by atoms with E-state index >= 15 is 0 Å². The lowest BCUT2D eigenvalue weighted by Crippen LogP contribution is -2.70. The van der Waals surface area contributed by atoms with Gasteiger partial charge in [0.2, 0.25) is 5.91 Å². The summed E-state index contributed by atoms with van der Waals surface area (Å²) in [5, 5.41) is 7.48. The zero-order valence-electron chi connectivity index (χ0n) is 30.0. The van der Waals surface area contributed by atoms with Crippen LogP contribution in [0.15, 0.2) is 70.7 Å². The number of benzene rings is 2. The van der Waals surface area contributed by atoms with Crippen LogP contribution in [0.4, 0.5) is 5.69 Å². The fourth-order valence-electron chi connectivity index (χ4n) is 7.20. The molecule has 2 fully saturated rings. The van der Waals surface area contributed by atoms with E-state index in [-0.39, 0.29) is 51.5 Å². The van der Waals surface area contributed by atoms with Crippen LogP contribution < -0.4 is 10.6 Å². The summed E-state index contributed by atoms with van der Waals surface area (Å²) in [7, 11) is -7.99. The number of anilines is 1. The molecule has 2 aromatic carbocycles. The number of aromatic nitrogens is 1. The lowest BCUT2D eigenvalue weighted by molar-refractivity contribution is -0.939. The van der Waals surface area contributed by atoms with E-state index in [1.165, 1.54) is 36.7 Å². The van der Waals surface area contributed by atoms with Crippen LogP contribution in [0.1, 0.15) is 62.4 Å². The van der Waals surface area contributed by atoms with Gasteiger partial charge in [-0.2, -0.15) is 8.42 Å². The molecule has 2 amide bonds. The second kappa shape index (κ2) is 16.0. The van der Waals surface area contributed by atoms with Gasteiger partial charge in [0.15, 0.2) is 9.84 Å². The predicted octanol–water partition coefficient (Wildman–Crippen LogP) is 5.04. The molecule has 1 aromatic heterocycles. The van der Waals surface area contributed by atoms with Gasteiger partial charge in [0.25, 0.3) is 5.91 Å². The molecule has 2 N–H and O–H groups in total. The van der Waals surface area contributed by atoms with Crippen LogP contribution in [0.5, 0.6) is 0 Å². The van der Waals surface area contributed by atoms with Crippen molar-refractivity contribution in [1.29, 1.82) is 0 Å². The van der Waals surface area contributed by atoms with Gasteiger partial charge < -0.3 is 15.4 Å². The standard InChI is InChI=1S/C36H43Cl2N5O8S2/c1-5-51-35(46)30(19-24-12-14-25(15-13-24)40-34(45)32-28(37)21-39-22-29(32)38)41-33(44)31-11-7-17-42(31)43(18-8-16-36(2,3)23-43)53(49,50)27-10-6-9-26(20-27)52(4,47)48/h6,9-10,12-15,20-22,30-31H,5,7-8,11,16-19,23H2,1-4H3,(H-,40,41,44,45)/p+1. The first-order valence-electron chi connectivity index (χ1n) is 17.2. The van der Waals surface area contributed by atoms with Gasteiger partial charge in [-0.15, -0.1) is 9.01 Å². The van der Waals surface area contributed by atoms with E-state index in [4.69, 9.17) is 27.9 Å². The molecule has 286 valence electrons.